The maximum absolute atomic E-state index is 13.3. The highest BCUT2D eigenvalue weighted by Crippen LogP contribution is 2.30. The van der Waals surface area contributed by atoms with Crippen LogP contribution in [-0.2, 0) is 24.0 Å². The quantitative estimate of drug-likeness (QED) is 0.140. The van der Waals surface area contributed by atoms with E-state index < -0.39 is 30.3 Å². The lowest BCUT2D eigenvalue weighted by Gasteiger charge is -2.29. The van der Waals surface area contributed by atoms with Gasteiger partial charge in [0.05, 0.1) is 29.6 Å². The molecule has 0 saturated carbocycles. The van der Waals surface area contributed by atoms with Crippen molar-refractivity contribution in [3.8, 4) is 11.3 Å². The van der Waals surface area contributed by atoms with Crippen molar-refractivity contribution in [2.75, 3.05) is 18.7 Å². The minimum absolute atomic E-state index is 0.110. The van der Waals surface area contributed by atoms with Crippen molar-refractivity contribution < 1.29 is 36.6 Å². The fourth-order valence-corrected chi connectivity index (χ4v) is 4.29. The van der Waals surface area contributed by atoms with Gasteiger partial charge in [-0.1, -0.05) is 29.0 Å². The summed E-state index contributed by atoms with van der Waals surface area (Å²) in [5, 5.41) is 2.69. The third-order valence-corrected chi connectivity index (χ3v) is 6.38. The van der Waals surface area contributed by atoms with Gasteiger partial charge in [-0.05, 0) is 29.8 Å². The number of rotatable bonds is 8. The van der Waals surface area contributed by atoms with Gasteiger partial charge in [-0.15, -0.1) is 4.89 Å². The Kier molecular flexibility index (Phi) is 7.72. The number of aromatic nitrogens is 3. The lowest BCUT2D eigenvalue weighted by molar-refractivity contribution is -0.313. The molecule has 1 amide bonds. The average Bonchev–Trinajstić information content (AvgIpc) is 3.51. The molecule has 1 unspecified atom stereocenters. The average molecular weight is 574 g/mol. The molecule has 2 aromatic carbocycles. The van der Waals surface area contributed by atoms with E-state index >= 15 is 0 Å². The normalized spacial score (nSPS) is 13.9. The number of benzene rings is 2. The van der Waals surface area contributed by atoms with E-state index in [9.17, 15) is 27.2 Å². The van der Waals surface area contributed by atoms with Crippen LogP contribution in [0.4, 0.5) is 23.5 Å². The molecule has 0 bridgehead atoms. The van der Waals surface area contributed by atoms with Crippen molar-refractivity contribution in [2.45, 2.75) is 25.3 Å². The first-order valence-corrected chi connectivity index (χ1v) is 12.1. The number of anilines is 1. The van der Waals surface area contributed by atoms with Gasteiger partial charge in [-0.3, -0.25) is 9.59 Å². The molecule has 0 spiro atoms. The molecule has 0 saturated heterocycles. The summed E-state index contributed by atoms with van der Waals surface area (Å²) in [5.41, 5.74) is 6.25. The van der Waals surface area contributed by atoms with E-state index in [1.54, 1.807) is 30.5 Å². The monoisotopic (exact) mass is 574 g/mol. The number of carbonyl (C=O) groups is 1. The third-order valence-electron chi connectivity index (χ3n) is 6.38. The molecule has 0 radical (unpaired) electrons. The first kappa shape index (κ1) is 27.8. The summed E-state index contributed by atoms with van der Waals surface area (Å²) in [6.45, 7) is -1.28. The highest BCUT2D eigenvalue weighted by Gasteiger charge is 2.31. The first-order chi connectivity index (χ1) is 19.7. The molecule has 0 aliphatic carbocycles. The van der Waals surface area contributed by atoms with Gasteiger partial charge in [0.25, 0.3) is 11.5 Å². The number of nitrogens with zero attached hydrogens (tertiary/aromatic N) is 4. The number of nitrogens with one attached hydrogen (secondary N) is 1. The van der Waals surface area contributed by atoms with Crippen LogP contribution < -0.4 is 21.6 Å². The van der Waals surface area contributed by atoms with Gasteiger partial charge in [0, 0.05) is 24.1 Å². The molecule has 11 nitrogen and oxygen atoms in total. The second-order valence-electron chi connectivity index (χ2n) is 8.92. The topological polar surface area (TPSA) is 138 Å². The SMILES string of the molecule is NC(Nc1nc2c(c(=O)n1OOCF)CN(C(=O)c1ccc(-c3cnco3)cc1)CC2)c1ccc(C(F)(F)F)cc1. The predicted molar refractivity (Wildman–Crippen MR) is 135 cm³/mol. The summed E-state index contributed by atoms with van der Waals surface area (Å²) in [4.78, 5) is 45.3. The summed E-state index contributed by atoms with van der Waals surface area (Å²) >= 11 is 0. The molecule has 1 aliphatic rings. The summed E-state index contributed by atoms with van der Waals surface area (Å²) < 4.78 is 57.2. The number of fused-ring (bicyclic) bond motifs is 1. The van der Waals surface area contributed by atoms with Crippen LogP contribution in [0.5, 0.6) is 0 Å². The summed E-state index contributed by atoms with van der Waals surface area (Å²) in [5.74, 6) is -0.0592. The largest absolute Gasteiger partial charge is 0.444 e. The van der Waals surface area contributed by atoms with Crippen LogP contribution in [0.3, 0.4) is 0 Å². The van der Waals surface area contributed by atoms with E-state index in [2.05, 4.69) is 20.2 Å². The Morgan fingerprint density at radius 1 is 1.15 bits per heavy atom. The lowest BCUT2D eigenvalue weighted by Crippen LogP contribution is -2.43. The van der Waals surface area contributed by atoms with Crippen LogP contribution in [0.15, 0.2) is 70.3 Å². The number of hydrogen-bond donors (Lipinski definition) is 2. The number of hydrogen-bond acceptors (Lipinski definition) is 9. The zero-order valence-corrected chi connectivity index (χ0v) is 21.1. The summed E-state index contributed by atoms with van der Waals surface area (Å²) in [6.07, 6.45) is -2.60. The Morgan fingerprint density at radius 2 is 1.88 bits per heavy atom. The van der Waals surface area contributed by atoms with Gasteiger partial charge >= 0.3 is 6.18 Å². The number of nitrogens with two attached hydrogens (primary N) is 1. The van der Waals surface area contributed by atoms with Crippen molar-refractivity contribution in [1.82, 2.24) is 19.6 Å². The fraction of sp³-hybridized carbons (Fsp3) is 0.231. The van der Waals surface area contributed by atoms with Crippen LogP contribution in [0.1, 0.15) is 38.9 Å². The number of oxazole rings is 1. The minimum Gasteiger partial charge on any atom is -0.444 e. The Bertz CT molecular complexity index is 1570. The Balaban J connectivity index is 1.37. The highest BCUT2D eigenvalue weighted by atomic mass is 19.4. The van der Waals surface area contributed by atoms with Gasteiger partial charge in [0.1, 0.15) is 6.17 Å². The van der Waals surface area contributed by atoms with Crippen molar-refractivity contribution in [2.24, 2.45) is 5.73 Å². The van der Waals surface area contributed by atoms with E-state index in [1.807, 2.05) is 0 Å². The van der Waals surface area contributed by atoms with Gasteiger partial charge in [-0.2, -0.15) is 13.2 Å². The smallest absolute Gasteiger partial charge is 0.416 e. The molecule has 3 heterocycles. The molecule has 1 aliphatic heterocycles. The number of halogens is 4. The van der Waals surface area contributed by atoms with Crippen molar-refractivity contribution in [3.63, 3.8) is 0 Å². The Hall–Kier alpha value is -4.76. The molecule has 41 heavy (non-hydrogen) atoms. The molecule has 5 rings (SSSR count). The summed E-state index contributed by atoms with van der Waals surface area (Å²) in [7, 11) is 0. The van der Waals surface area contributed by atoms with Gasteiger partial charge < -0.3 is 20.4 Å². The number of carbonyl (C=O) groups excluding carboxylic acids is 1. The maximum Gasteiger partial charge on any atom is 0.416 e. The van der Waals surface area contributed by atoms with Crippen LogP contribution in [0.25, 0.3) is 11.3 Å². The minimum atomic E-state index is -4.52. The van der Waals surface area contributed by atoms with Crippen molar-refractivity contribution >= 4 is 11.9 Å². The third kappa shape index (κ3) is 5.90. The maximum atomic E-state index is 13.3. The zero-order chi connectivity index (χ0) is 29.1. The second kappa shape index (κ2) is 11.4. The Morgan fingerprint density at radius 3 is 2.51 bits per heavy atom. The number of alkyl halides is 4. The van der Waals surface area contributed by atoms with Gasteiger partial charge in [-0.25, -0.2) is 19.3 Å². The Labute approximate surface area is 229 Å². The van der Waals surface area contributed by atoms with Crippen LogP contribution >= 0.6 is 0 Å². The number of amides is 1. The molecule has 1 atom stereocenters. The highest BCUT2D eigenvalue weighted by molar-refractivity contribution is 5.94. The van der Waals surface area contributed by atoms with Crippen molar-refractivity contribution in [1.29, 1.82) is 0 Å². The van der Waals surface area contributed by atoms with Crippen LogP contribution in [-0.4, -0.2) is 38.9 Å². The molecule has 2 aromatic heterocycles. The molecule has 214 valence electrons. The molecule has 15 heteroatoms. The van der Waals surface area contributed by atoms with E-state index in [0.717, 1.165) is 17.7 Å². The van der Waals surface area contributed by atoms with Gasteiger partial charge in [0.2, 0.25) is 12.8 Å². The van der Waals surface area contributed by atoms with Gasteiger partial charge in [0.15, 0.2) is 12.2 Å². The van der Waals surface area contributed by atoms with Crippen LogP contribution in [0, 0.1) is 0 Å². The van der Waals surface area contributed by atoms with E-state index in [-0.39, 0.29) is 42.5 Å². The molecule has 0 fully saturated rings. The van der Waals surface area contributed by atoms with E-state index in [4.69, 9.17) is 15.1 Å². The van der Waals surface area contributed by atoms with Crippen molar-refractivity contribution in [3.05, 3.63) is 99.4 Å². The molecular weight excluding hydrogens is 552 g/mol. The second-order valence-corrected chi connectivity index (χ2v) is 8.92. The predicted octanol–water partition coefficient (Wildman–Crippen LogP) is 3.47. The molecule has 4 aromatic rings. The molecule has 3 N–H and O–H groups in total. The van der Waals surface area contributed by atoms with Crippen LogP contribution in [0.2, 0.25) is 0 Å². The first-order valence-electron chi connectivity index (χ1n) is 12.1. The lowest BCUT2D eigenvalue weighted by atomic mass is 10.0. The standard InChI is InChI=1S/C26H22F4N6O5/c27-13-40-41-36-24(38)19-12-35(23(37)17-3-1-15(2-4-17)21-11-32-14-39-21)10-9-20(19)33-25(36)34-22(31)16-5-7-18(8-6-16)26(28,29)30/h1-8,11,14,22H,9-10,12-13,31H2,(H,33,34). The summed E-state index contributed by atoms with van der Waals surface area (Å²) in [6, 6.07) is 10.7. The van der Waals surface area contributed by atoms with E-state index in [1.165, 1.54) is 23.4 Å². The molecular formula is C26H22F4N6O5. The zero-order valence-electron chi connectivity index (χ0n) is 21.1. The van der Waals surface area contributed by atoms with E-state index in [0.29, 0.717) is 21.7 Å². The fourth-order valence-electron chi connectivity index (χ4n) is 4.29.